The van der Waals surface area contributed by atoms with Gasteiger partial charge in [-0.25, -0.2) is 4.98 Å². The molecule has 0 bridgehead atoms. The van der Waals surface area contributed by atoms with E-state index in [2.05, 4.69) is 16.4 Å². The van der Waals surface area contributed by atoms with E-state index in [9.17, 15) is 5.11 Å². The Hall–Kier alpha value is -2.15. The number of hydrogen-bond donors (Lipinski definition) is 2. The number of rotatable bonds is 6. The number of aromatic nitrogens is 1. The maximum Gasteiger partial charge on any atom is 0.122 e. The number of fused-ring (bicyclic) bond motifs is 2. The molecule has 1 aromatic heterocycles. The molecule has 0 radical (unpaired) electrons. The smallest absolute Gasteiger partial charge is 0.122 e. The van der Waals surface area contributed by atoms with Crippen LogP contribution in [0.25, 0.3) is 10.2 Å². The van der Waals surface area contributed by atoms with Crippen molar-refractivity contribution in [3.05, 3.63) is 52.5 Å². The predicted octanol–water partition coefficient (Wildman–Crippen LogP) is 2.97. The lowest BCUT2D eigenvalue weighted by Crippen LogP contribution is -2.46. The van der Waals surface area contributed by atoms with Crippen molar-refractivity contribution in [2.75, 3.05) is 20.8 Å². The van der Waals surface area contributed by atoms with Crippen LogP contribution in [0.4, 0.5) is 0 Å². The molecule has 3 aromatic rings. The Labute approximate surface area is 163 Å². The number of benzene rings is 2. The second-order valence-corrected chi connectivity index (χ2v) is 7.90. The highest BCUT2D eigenvalue weighted by atomic mass is 32.1. The molecule has 0 saturated heterocycles. The third-order valence-electron chi connectivity index (χ3n) is 5.17. The van der Waals surface area contributed by atoms with Crippen molar-refractivity contribution < 1.29 is 14.6 Å². The summed E-state index contributed by atoms with van der Waals surface area (Å²) in [6.07, 6.45) is 1.68. The highest BCUT2D eigenvalue weighted by molar-refractivity contribution is 7.18. The largest absolute Gasteiger partial charge is 0.496 e. The summed E-state index contributed by atoms with van der Waals surface area (Å²) in [6, 6.07) is 12.0. The summed E-state index contributed by atoms with van der Waals surface area (Å²) in [4.78, 5) is 4.68. The third-order valence-corrected chi connectivity index (χ3v) is 6.27. The molecule has 1 aliphatic rings. The summed E-state index contributed by atoms with van der Waals surface area (Å²) in [5.41, 5.74) is 3.23. The minimum Gasteiger partial charge on any atom is -0.496 e. The maximum absolute atomic E-state index is 10.6. The normalized spacial score (nSPS) is 19.1. The number of para-hydroxylation sites is 1. The van der Waals surface area contributed by atoms with Gasteiger partial charge in [0.2, 0.25) is 0 Å². The molecule has 2 atom stereocenters. The van der Waals surface area contributed by atoms with Crippen LogP contribution in [0, 0.1) is 0 Å². The van der Waals surface area contributed by atoms with Gasteiger partial charge in [0.1, 0.15) is 11.5 Å². The lowest BCUT2D eigenvalue weighted by molar-refractivity contribution is 0.118. The van der Waals surface area contributed by atoms with Gasteiger partial charge in [0.05, 0.1) is 35.5 Å². The molecule has 0 amide bonds. The first-order valence-corrected chi connectivity index (χ1v) is 10.00. The number of thiazole rings is 1. The van der Waals surface area contributed by atoms with Crippen molar-refractivity contribution >= 4 is 21.6 Å². The molecule has 0 unspecified atom stereocenters. The topological polar surface area (TPSA) is 63.6 Å². The molecule has 2 N–H and O–H groups in total. The van der Waals surface area contributed by atoms with E-state index in [1.807, 2.05) is 30.3 Å². The van der Waals surface area contributed by atoms with Gasteiger partial charge in [-0.05, 0) is 30.7 Å². The zero-order chi connectivity index (χ0) is 18.8. The molecule has 6 heteroatoms. The minimum atomic E-state index is -0.450. The van der Waals surface area contributed by atoms with E-state index < -0.39 is 6.10 Å². The fourth-order valence-electron chi connectivity index (χ4n) is 3.79. The van der Waals surface area contributed by atoms with Crippen molar-refractivity contribution in [3.8, 4) is 11.5 Å². The highest BCUT2D eigenvalue weighted by Gasteiger charge is 2.30. The molecule has 0 aliphatic heterocycles. The second-order valence-electron chi connectivity index (χ2n) is 6.79. The van der Waals surface area contributed by atoms with E-state index in [1.165, 1.54) is 4.70 Å². The average Bonchev–Trinajstić information content (AvgIpc) is 3.10. The first-order valence-electron chi connectivity index (χ1n) is 9.18. The summed E-state index contributed by atoms with van der Waals surface area (Å²) in [5, 5.41) is 15.3. The fourth-order valence-corrected chi connectivity index (χ4v) is 4.75. The van der Waals surface area contributed by atoms with Gasteiger partial charge in [0, 0.05) is 36.6 Å². The van der Waals surface area contributed by atoms with Gasteiger partial charge in [-0.15, -0.1) is 11.3 Å². The van der Waals surface area contributed by atoms with Crippen LogP contribution in [0.5, 0.6) is 11.5 Å². The van der Waals surface area contributed by atoms with Crippen LogP contribution in [-0.4, -0.2) is 43.0 Å². The summed E-state index contributed by atoms with van der Waals surface area (Å²) in [5.74, 6) is 1.67. The Morgan fingerprint density at radius 2 is 1.78 bits per heavy atom. The zero-order valence-electron chi connectivity index (χ0n) is 15.6. The van der Waals surface area contributed by atoms with Crippen LogP contribution in [0.15, 0.2) is 36.4 Å². The van der Waals surface area contributed by atoms with Crippen molar-refractivity contribution in [2.45, 2.75) is 31.4 Å². The number of methoxy groups -OCH3 is 2. The highest BCUT2D eigenvalue weighted by Crippen LogP contribution is 2.36. The molecule has 0 spiro atoms. The van der Waals surface area contributed by atoms with Gasteiger partial charge in [0.25, 0.3) is 0 Å². The van der Waals surface area contributed by atoms with E-state index in [0.29, 0.717) is 6.42 Å². The van der Waals surface area contributed by atoms with E-state index >= 15 is 0 Å². The molecular formula is C21H24N2O3S. The van der Waals surface area contributed by atoms with Crippen molar-refractivity contribution in [2.24, 2.45) is 0 Å². The van der Waals surface area contributed by atoms with Crippen molar-refractivity contribution in [1.82, 2.24) is 10.3 Å². The summed E-state index contributed by atoms with van der Waals surface area (Å²) in [6.45, 7) is 0.781. The standard InChI is InChI=1S/C21H24N2O3S/c1-25-18-7-8-19(26-2)14-12-17(24)16(11-13(14)18)22-10-9-21-23-15-5-3-4-6-20(15)27-21/h3-8,16-17,22,24H,9-12H2,1-2H3/t16-,17-/m1/s1. The number of nitrogens with zero attached hydrogens (tertiary/aromatic N) is 1. The molecule has 0 saturated carbocycles. The molecular weight excluding hydrogens is 360 g/mol. The fraction of sp³-hybridized carbons (Fsp3) is 0.381. The van der Waals surface area contributed by atoms with Gasteiger partial charge in [-0.2, -0.15) is 0 Å². The van der Waals surface area contributed by atoms with Crippen LogP contribution in [0.1, 0.15) is 16.1 Å². The Bertz CT molecular complexity index is 907. The lowest BCUT2D eigenvalue weighted by atomic mass is 9.85. The molecule has 1 aliphatic carbocycles. The number of ether oxygens (including phenoxy) is 2. The number of aliphatic hydroxyl groups is 1. The summed E-state index contributed by atoms with van der Waals surface area (Å²) < 4.78 is 12.2. The monoisotopic (exact) mass is 384 g/mol. The Kier molecular flexibility index (Phi) is 5.29. The van der Waals surface area contributed by atoms with Crippen LogP contribution in [-0.2, 0) is 19.3 Å². The summed E-state index contributed by atoms with van der Waals surface area (Å²) >= 11 is 1.73. The molecule has 2 aromatic carbocycles. The minimum absolute atomic E-state index is 0.00659. The number of nitrogens with one attached hydrogen (secondary N) is 1. The molecule has 27 heavy (non-hydrogen) atoms. The van der Waals surface area contributed by atoms with Gasteiger partial charge in [-0.1, -0.05) is 12.1 Å². The van der Waals surface area contributed by atoms with Crippen LogP contribution < -0.4 is 14.8 Å². The molecule has 0 fully saturated rings. The molecule has 5 nitrogen and oxygen atoms in total. The van der Waals surface area contributed by atoms with Gasteiger partial charge >= 0.3 is 0 Å². The van der Waals surface area contributed by atoms with E-state index in [-0.39, 0.29) is 6.04 Å². The average molecular weight is 385 g/mol. The van der Waals surface area contributed by atoms with E-state index in [4.69, 9.17) is 9.47 Å². The molecule has 142 valence electrons. The van der Waals surface area contributed by atoms with Crippen molar-refractivity contribution in [1.29, 1.82) is 0 Å². The van der Waals surface area contributed by atoms with Gasteiger partial charge in [-0.3, -0.25) is 0 Å². The second kappa shape index (κ2) is 7.84. The SMILES string of the molecule is COc1ccc(OC)c2c1C[C@@H](O)[C@H](NCCc1nc3ccccc3s1)C2. The van der Waals surface area contributed by atoms with Gasteiger partial charge in [0.15, 0.2) is 0 Å². The predicted molar refractivity (Wildman–Crippen MR) is 108 cm³/mol. The molecule has 4 rings (SSSR count). The zero-order valence-corrected chi connectivity index (χ0v) is 16.4. The summed E-state index contributed by atoms with van der Waals surface area (Å²) in [7, 11) is 3.35. The first-order chi connectivity index (χ1) is 13.2. The first kappa shape index (κ1) is 18.2. The van der Waals surface area contributed by atoms with Crippen LogP contribution in [0.3, 0.4) is 0 Å². The Balaban J connectivity index is 1.44. The third kappa shape index (κ3) is 3.65. The Morgan fingerprint density at radius 1 is 1.07 bits per heavy atom. The quantitative estimate of drug-likeness (QED) is 0.684. The van der Waals surface area contributed by atoms with E-state index in [1.54, 1.807) is 25.6 Å². The van der Waals surface area contributed by atoms with Crippen LogP contribution >= 0.6 is 11.3 Å². The van der Waals surface area contributed by atoms with Crippen LogP contribution in [0.2, 0.25) is 0 Å². The van der Waals surface area contributed by atoms with Crippen molar-refractivity contribution in [3.63, 3.8) is 0 Å². The number of hydrogen-bond acceptors (Lipinski definition) is 6. The maximum atomic E-state index is 10.6. The molecule has 1 heterocycles. The van der Waals surface area contributed by atoms with E-state index in [0.717, 1.165) is 52.5 Å². The lowest BCUT2D eigenvalue weighted by Gasteiger charge is -2.32. The Morgan fingerprint density at radius 3 is 2.48 bits per heavy atom. The van der Waals surface area contributed by atoms with Gasteiger partial charge < -0.3 is 19.9 Å². The number of aliphatic hydroxyl groups excluding tert-OH is 1.